The normalized spacial score (nSPS) is 44.6. The average molecular weight is 503 g/mol. The van der Waals surface area contributed by atoms with Gasteiger partial charge in [-0.05, 0) is 97.2 Å². The van der Waals surface area contributed by atoms with Crippen molar-refractivity contribution >= 4 is 28.8 Å². The largest absolute Gasteiger partial charge is 0.275 e. The number of fused-ring (bicyclic) bond motifs is 5. The van der Waals surface area contributed by atoms with Gasteiger partial charge in [-0.25, -0.2) is 0 Å². The Hall–Kier alpha value is -0.0700. The molecule has 0 bridgehead atoms. The van der Waals surface area contributed by atoms with Gasteiger partial charge in [-0.3, -0.25) is 4.79 Å². The van der Waals surface area contributed by atoms with Crippen LogP contribution in [0, 0.1) is 64.6 Å². The monoisotopic (exact) mass is 502 g/mol. The van der Waals surface area contributed by atoms with Gasteiger partial charge in [-0.15, -0.1) is 12.3 Å². The zero-order valence-corrected chi connectivity index (χ0v) is 24.3. The first-order chi connectivity index (χ1) is 16.1. The van der Waals surface area contributed by atoms with E-state index >= 15 is 0 Å². The maximum absolute atomic E-state index is 12.5. The maximum atomic E-state index is 12.5. The predicted octanol–water partition coefficient (Wildman–Crippen LogP) is 9.65. The number of thiol groups is 1. The predicted molar refractivity (Wildman–Crippen MR) is 151 cm³/mol. The van der Waals surface area contributed by atoms with E-state index in [2.05, 4.69) is 53.2 Å². The van der Waals surface area contributed by atoms with Crippen LogP contribution < -0.4 is 0 Å². The Bertz CT molecular complexity index is 785. The molecule has 3 heteroatoms. The van der Waals surface area contributed by atoms with Crippen molar-refractivity contribution in [1.29, 1.82) is 0 Å². The van der Waals surface area contributed by atoms with Crippen LogP contribution in [-0.4, -0.2) is 9.19 Å². The molecule has 0 aromatic heterocycles. The van der Waals surface area contributed by atoms with Crippen molar-refractivity contribution in [3.8, 4) is 12.3 Å². The molecule has 9 atom stereocenters. The summed E-state index contributed by atoms with van der Waals surface area (Å²) in [5, 5.41) is 0. The molecule has 1 nitrogen and oxygen atoms in total. The van der Waals surface area contributed by atoms with Crippen molar-refractivity contribution in [2.75, 3.05) is 0 Å². The van der Waals surface area contributed by atoms with Crippen molar-refractivity contribution in [3.05, 3.63) is 0 Å². The number of carbonyl (C=O) groups is 1. The third-order valence-corrected chi connectivity index (χ3v) is 13.0. The van der Waals surface area contributed by atoms with Gasteiger partial charge >= 0.3 is 0 Å². The summed E-state index contributed by atoms with van der Waals surface area (Å²) in [7, 11) is 0. The van der Waals surface area contributed by atoms with Gasteiger partial charge in [-0.2, -0.15) is 0 Å². The minimum Gasteiger partial charge on any atom is -0.275 e. The fourth-order valence-electron chi connectivity index (χ4n) is 10.4. The fourth-order valence-corrected chi connectivity index (χ4v) is 12.3. The number of hydrogen-bond donors (Lipinski definition) is 1. The number of thioether (sulfide) groups is 1. The summed E-state index contributed by atoms with van der Waals surface area (Å²) in [5.41, 5.74) is 0.841. The summed E-state index contributed by atoms with van der Waals surface area (Å²) < 4.78 is -0.167. The van der Waals surface area contributed by atoms with Gasteiger partial charge in [0.2, 0.25) is 4.45 Å². The molecule has 0 amide bonds. The summed E-state index contributed by atoms with van der Waals surface area (Å²) in [4.78, 5) is 12.5. The van der Waals surface area contributed by atoms with Gasteiger partial charge in [0.25, 0.3) is 0 Å². The Morgan fingerprint density at radius 2 is 1.79 bits per heavy atom. The first-order valence-electron chi connectivity index (χ1n) is 14.4. The minimum absolute atomic E-state index is 0.0311. The van der Waals surface area contributed by atoms with Crippen LogP contribution in [0.25, 0.3) is 0 Å². The summed E-state index contributed by atoms with van der Waals surface area (Å²) in [6.07, 6.45) is 23.1. The van der Waals surface area contributed by atoms with E-state index in [1.165, 1.54) is 82.4 Å². The van der Waals surface area contributed by atoms with Crippen LogP contribution in [-0.2, 0) is 0 Å². The molecule has 0 aromatic carbocycles. The van der Waals surface area contributed by atoms with Crippen molar-refractivity contribution in [1.82, 2.24) is 0 Å². The summed E-state index contributed by atoms with van der Waals surface area (Å²) >= 11 is 5.83. The highest BCUT2D eigenvalue weighted by Crippen LogP contribution is 2.72. The molecule has 0 saturated heterocycles. The molecule has 4 aliphatic carbocycles. The highest BCUT2D eigenvalue weighted by Gasteiger charge is 2.67. The summed E-state index contributed by atoms with van der Waals surface area (Å²) in [6.45, 7) is 12.4. The zero-order valence-electron chi connectivity index (χ0n) is 22.6. The maximum Gasteiger partial charge on any atom is 0.243 e. The molecule has 0 aliphatic heterocycles. The smallest absolute Gasteiger partial charge is 0.243 e. The van der Waals surface area contributed by atoms with E-state index in [4.69, 9.17) is 6.42 Å². The van der Waals surface area contributed by atoms with E-state index in [1.54, 1.807) is 0 Å². The van der Waals surface area contributed by atoms with Crippen LogP contribution in [0.1, 0.15) is 118 Å². The van der Waals surface area contributed by atoms with Crippen molar-refractivity contribution in [2.45, 2.75) is 123 Å². The van der Waals surface area contributed by atoms with Crippen LogP contribution >= 0.6 is 24.4 Å². The Morgan fingerprint density at radius 3 is 2.47 bits per heavy atom. The molecule has 0 aromatic rings. The Labute approximate surface area is 220 Å². The standard InChI is InChI=1S/C31H50OS2/c1-7-17-31(34-28(32)33)20-26-24-15-14-23-13-8-9-18-29(23,5)25(24)16-19-30(26,6)27(31)22(4)12-10-11-21(2)3/h1,21-27H,8-20H2,2-6H3,(H,32,33)/t22-,23?,24-,25+,26+,27-,29+,30+,31?/m1/s1. The third-order valence-electron chi connectivity index (χ3n) is 11.6. The Balaban J connectivity index is 1.68. The highest BCUT2D eigenvalue weighted by atomic mass is 32.2. The topological polar surface area (TPSA) is 17.1 Å². The Morgan fingerprint density at radius 1 is 1.03 bits per heavy atom. The van der Waals surface area contributed by atoms with Crippen molar-refractivity contribution < 1.29 is 4.79 Å². The van der Waals surface area contributed by atoms with E-state index < -0.39 is 0 Å². The fraction of sp³-hybridized carbons (Fsp3) is 0.903. The molecule has 0 N–H and O–H groups in total. The zero-order chi connectivity index (χ0) is 24.7. The van der Waals surface area contributed by atoms with Crippen molar-refractivity contribution in [2.24, 2.45) is 52.3 Å². The lowest BCUT2D eigenvalue weighted by Gasteiger charge is -2.61. The molecule has 4 aliphatic rings. The van der Waals surface area contributed by atoms with Crippen LogP contribution in [0.15, 0.2) is 0 Å². The average Bonchev–Trinajstić information content (AvgIpc) is 3.00. The molecular formula is C31H50OS2. The van der Waals surface area contributed by atoms with E-state index in [0.29, 0.717) is 35.0 Å². The van der Waals surface area contributed by atoms with Gasteiger partial charge in [-0.1, -0.05) is 91.1 Å². The first kappa shape index (κ1) is 27.0. The molecule has 4 rings (SSSR count). The second-order valence-electron chi connectivity index (χ2n) is 13.7. The lowest BCUT2D eigenvalue weighted by molar-refractivity contribution is -0.114. The molecule has 4 saturated carbocycles. The second kappa shape index (κ2) is 10.4. The first-order valence-corrected chi connectivity index (χ1v) is 15.7. The van der Waals surface area contributed by atoms with Gasteiger partial charge in [0, 0.05) is 11.2 Å². The lowest BCUT2D eigenvalue weighted by Crippen LogP contribution is -2.53. The highest BCUT2D eigenvalue weighted by molar-refractivity contribution is 8.32. The van der Waals surface area contributed by atoms with E-state index in [0.717, 1.165) is 30.1 Å². The van der Waals surface area contributed by atoms with Crippen LogP contribution in [0.4, 0.5) is 4.79 Å². The molecule has 0 spiro atoms. The van der Waals surface area contributed by atoms with Gasteiger partial charge in [0.15, 0.2) is 0 Å². The van der Waals surface area contributed by atoms with E-state index in [-0.39, 0.29) is 9.19 Å². The van der Waals surface area contributed by atoms with Gasteiger partial charge in [0.1, 0.15) is 0 Å². The summed E-state index contributed by atoms with van der Waals surface area (Å²) in [5.74, 6) is 8.26. The molecular weight excluding hydrogens is 452 g/mol. The van der Waals surface area contributed by atoms with E-state index in [1.807, 2.05) is 0 Å². The van der Waals surface area contributed by atoms with Crippen molar-refractivity contribution in [3.63, 3.8) is 0 Å². The molecule has 34 heavy (non-hydrogen) atoms. The number of rotatable bonds is 7. The number of hydrogen-bond acceptors (Lipinski definition) is 2. The van der Waals surface area contributed by atoms with Crippen LogP contribution in [0.2, 0.25) is 0 Å². The minimum atomic E-state index is -0.135. The molecule has 192 valence electrons. The van der Waals surface area contributed by atoms with Crippen LogP contribution in [0.5, 0.6) is 0 Å². The quantitative estimate of drug-likeness (QED) is 0.276. The van der Waals surface area contributed by atoms with Gasteiger partial charge < -0.3 is 0 Å². The van der Waals surface area contributed by atoms with E-state index in [9.17, 15) is 4.79 Å². The molecule has 2 unspecified atom stereocenters. The van der Waals surface area contributed by atoms with Gasteiger partial charge in [0.05, 0.1) is 0 Å². The number of terminal acetylenes is 1. The third kappa shape index (κ3) is 4.66. The summed E-state index contributed by atoms with van der Waals surface area (Å²) in [6, 6.07) is 0. The van der Waals surface area contributed by atoms with Crippen LogP contribution in [0.3, 0.4) is 0 Å². The second-order valence-corrected chi connectivity index (χ2v) is 15.8. The Kier molecular flexibility index (Phi) is 8.22. The molecule has 0 heterocycles. The molecule has 4 fully saturated rings. The number of carbonyl (C=O) groups excluding carboxylic acids is 1. The SMILES string of the molecule is C#CCC1(SC(=O)S)C[C@H]2[C@@H]3CCC4CCCC[C@]4(C)[C@H]3CC[C@]2(C)[C@H]1[C@H](C)CCCC(C)C. The lowest BCUT2D eigenvalue weighted by atomic mass is 9.44. The molecule has 0 radical (unpaired) electrons.